The molecule has 0 aromatic heterocycles. The van der Waals surface area contributed by atoms with Gasteiger partial charge in [-0.05, 0) is 19.1 Å². The van der Waals surface area contributed by atoms with Gasteiger partial charge in [-0.2, -0.15) is 0 Å². The van der Waals surface area contributed by atoms with E-state index in [0.29, 0.717) is 12.3 Å². The van der Waals surface area contributed by atoms with Crippen molar-refractivity contribution < 1.29 is 14.3 Å². The number of ether oxygens (including phenoxy) is 2. The number of thioether (sulfide) groups is 1. The summed E-state index contributed by atoms with van der Waals surface area (Å²) in [6, 6.07) is 7.81. The molecule has 1 aromatic carbocycles. The number of amides is 1. The monoisotopic (exact) mass is 269 g/mol. The van der Waals surface area contributed by atoms with Gasteiger partial charge < -0.3 is 14.8 Å². The summed E-state index contributed by atoms with van der Waals surface area (Å²) >= 11 is 1.51. The first-order chi connectivity index (χ1) is 8.71. The largest absolute Gasteiger partial charge is 0.356 e. The zero-order valence-electron chi connectivity index (χ0n) is 10.9. The van der Waals surface area contributed by atoms with Crippen LogP contribution in [0.25, 0.3) is 0 Å². The van der Waals surface area contributed by atoms with Crippen LogP contribution in [-0.2, 0) is 14.3 Å². The highest BCUT2D eigenvalue weighted by molar-refractivity contribution is 8.00. The van der Waals surface area contributed by atoms with E-state index in [0.717, 1.165) is 10.5 Å². The van der Waals surface area contributed by atoms with Crippen molar-refractivity contribution in [3.05, 3.63) is 29.8 Å². The molecule has 0 saturated carbocycles. The average Bonchev–Trinajstić information content (AvgIpc) is 2.39. The van der Waals surface area contributed by atoms with Gasteiger partial charge in [0.05, 0.1) is 5.75 Å². The fourth-order valence-corrected chi connectivity index (χ4v) is 2.22. The van der Waals surface area contributed by atoms with Crippen molar-refractivity contribution in [3.63, 3.8) is 0 Å². The molecule has 0 heterocycles. The molecule has 1 aromatic rings. The minimum Gasteiger partial charge on any atom is -0.356 e. The summed E-state index contributed by atoms with van der Waals surface area (Å²) in [7, 11) is 3.21. The van der Waals surface area contributed by atoms with Gasteiger partial charge in [0.2, 0.25) is 5.91 Å². The van der Waals surface area contributed by atoms with Gasteiger partial charge in [0.25, 0.3) is 0 Å². The number of hydrogen-bond donors (Lipinski definition) is 1. The quantitative estimate of drug-likeness (QED) is 0.609. The lowest BCUT2D eigenvalue weighted by atomic mass is 10.2. The molecule has 0 radical (unpaired) electrons. The van der Waals surface area contributed by atoms with Crippen LogP contribution in [0.4, 0.5) is 0 Å². The fourth-order valence-electron chi connectivity index (χ4n) is 1.49. The standard InChI is InChI=1S/C13H19NO3S/c1-4-14-12(15)9-18-11-7-5-10(6-8-11)13(16-2)17-3/h5-8,13H,4,9H2,1-3H3,(H,14,15). The van der Waals surface area contributed by atoms with Crippen molar-refractivity contribution in [2.45, 2.75) is 18.1 Å². The van der Waals surface area contributed by atoms with E-state index in [9.17, 15) is 4.79 Å². The number of benzene rings is 1. The van der Waals surface area contributed by atoms with E-state index in [2.05, 4.69) is 5.32 Å². The Morgan fingerprint density at radius 1 is 1.28 bits per heavy atom. The highest BCUT2D eigenvalue weighted by Gasteiger charge is 2.08. The molecule has 100 valence electrons. The highest BCUT2D eigenvalue weighted by atomic mass is 32.2. The number of carbonyl (C=O) groups excluding carboxylic acids is 1. The molecule has 0 atom stereocenters. The lowest BCUT2D eigenvalue weighted by molar-refractivity contribution is -0.118. The average molecular weight is 269 g/mol. The molecular formula is C13H19NO3S. The second-order valence-corrected chi connectivity index (χ2v) is 4.66. The summed E-state index contributed by atoms with van der Waals surface area (Å²) in [5.74, 6) is 0.490. The van der Waals surface area contributed by atoms with E-state index in [-0.39, 0.29) is 12.2 Å². The maximum atomic E-state index is 11.3. The summed E-state index contributed by atoms with van der Waals surface area (Å²) in [5.41, 5.74) is 0.961. The van der Waals surface area contributed by atoms with E-state index in [4.69, 9.17) is 9.47 Å². The van der Waals surface area contributed by atoms with E-state index in [1.807, 2.05) is 31.2 Å². The summed E-state index contributed by atoms with van der Waals surface area (Å²) in [4.78, 5) is 12.4. The fraction of sp³-hybridized carbons (Fsp3) is 0.462. The topological polar surface area (TPSA) is 47.6 Å². The van der Waals surface area contributed by atoms with Crippen molar-refractivity contribution >= 4 is 17.7 Å². The summed E-state index contributed by atoms with van der Waals surface area (Å²) in [5, 5.41) is 2.76. The molecule has 0 fully saturated rings. The van der Waals surface area contributed by atoms with Crippen molar-refractivity contribution in [2.75, 3.05) is 26.5 Å². The molecule has 0 aliphatic carbocycles. The molecule has 0 bridgehead atoms. The van der Waals surface area contributed by atoms with Gasteiger partial charge in [-0.3, -0.25) is 4.79 Å². The molecule has 5 heteroatoms. The SMILES string of the molecule is CCNC(=O)CSc1ccc(C(OC)OC)cc1. The van der Waals surface area contributed by atoms with Gasteiger partial charge in [0.1, 0.15) is 0 Å². The van der Waals surface area contributed by atoms with Crippen molar-refractivity contribution in [1.29, 1.82) is 0 Å². The Balaban J connectivity index is 2.52. The molecule has 0 unspecified atom stereocenters. The van der Waals surface area contributed by atoms with Crippen molar-refractivity contribution in [3.8, 4) is 0 Å². The van der Waals surface area contributed by atoms with Gasteiger partial charge >= 0.3 is 0 Å². The smallest absolute Gasteiger partial charge is 0.230 e. The van der Waals surface area contributed by atoms with Gasteiger partial charge in [-0.25, -0.2) is 0 Å². The predicted octanol–water partition coefficient (Wildman–Crippen LogP) is 2.21. The molecule has 18 heavy (non-hydrogen) atoms. The number of hydrogen-bond acceptors (Lipinski definition) is 4. The highest BCUT2D eigenvalue weighted by Crippen LogP contribution is 2.22. The first-order valence-electron chi connectivity index (χ1n) is 5.76. The predicted molar refractivity (Wildman–Crippen MR) is 72.6 cm³/mol. The van der Waals surface area contributed by atoms with Crippen LogP contribution in [-0.4, -0.2) is 32.4 Å². The summed E-state index contributed by atoms with van der Waals surface area (Å²) in [6.45, 7) is 2.58. The third-order valence-corrected chi connectivity index (χ3v) is 3.34. The Labute approximate surface area is 112 Å². The van der Waals surface area contributed by atoms with Gasteiger partial charge in [-0.15, -0.1) is 11.8 Å². The van der Waals surface area contributed by atoms with Crippen LogP contribution >= 0.6 is 11.8 Å². The second kappa shape index (κ2) is 8.13. The van der Waals surface area contributed by atoms with Crippen molar-refractivity contribution in [1.82, 2.24) is 5.32 Å². The number of carbonyl (C=O) groups is 1. The Bertz CT molecular complexity index is 363. The molecule has 0 spiro atoms. The maximum Gasteiger partial charge on any atom is 0.230 e. The summed E-state index contributed by atoms with van der Waals surface area (Å²) < 4.78 is 10.3. The maximum absolute atomic E-state index is 11.3. The third-order valence-electron chi connectivity index (χ3n) is 2.32. The van der Waals surface area contributed by atoms with Gasteiger partial charge in [0.15, 0.2) is 6.29 Å². The third kappa shape index (κ3) is 4.68. The van der Waals surface area contributed by atoms with Crippen LogP contribution in [0.15, 0.2) is 29.2 Å². The van der Waals surface area contributed by atoms with Crippen LogP contribution in [0.3, 0.4) is 0 Å². The Kier molecular flexibility index (Phi) is 6.78. The molecule has 4 nitrogen and oxygen atoms in total. The molecule has 1 amide bonds. The minimum absolute atomic E-state index is 0.0539. The number of nitrogens with one attached hydrogen (secondary N) is 1. The van der Waals surface area contributed by atoms with Crippen LogP contribution in [0.5, 0.6) is 0 Å². The van der Waals surface area contributed by atoms with Crippen LogP contribution in [0.1, 0.15) is 18.8 Å². The van der Waals surface area contributed by atoms with E-state index < -0.39 is 0 Å². The van der Waals surface area contributed by atoms with E-state index in [1.165, 1.54) is 11.8 Å². The lowest BCUT2D eigenvalue weighted by Crippen LogP contribution is -2.24. The first kappa shape index (κ1) is 15.0. The molecular weight excluding hydrogens is 250 g/mol. The first-order valence-corrected chi connectivity index (χ1v) is 6.74. The van der Waals surface area contributed by atoms with Crippen LogP contribution in [0, 0.1) is 0 Å². The normalized spacial score (nSPS) is 10.7. The molecule has 1 N–H and O–H groups in total. The van der Waals surface area contributed by atoms with Gasteiger partial charge in [0, 0.05) is 31.2 Å². The molecule has 1 rings (SSSR count). The van der Waals surface area contributed by atoms with Crippen LogP contribution < -0.4 is 5.32 Å². The Morgan fingerprint density at radius 2 is 1.89 bits per heavy atom. The van der Waals surface area contributed by atoms with Crippen molar-refractivity contribution in [2.24, 2.45) is 0 Å². The molecule has 0 aliphatic rings. The van der Waals surface area contributed by atoms with Gasteiger partial charge in [-0.1, -0.05) is 12.1 Å². The zero-order valence-corrected chi connectivity index (χ0v) is 11.8. The number of rotatable bonds is 7. The summed E-state index contributed by atoms with van der Waals surface area (Å²) in [6.07, 6.45) is -0.340. The molecule has 0 saturated heterocycles. The van der Waals surface area contributed by atoms with E-state index in [1.54, 1.807) is 14.2 Å². The zero-order chi connectivity index (χ0) is 13.4. The Hall–Kier alpha value is -1.04. The minimum atomic E-state index is -0.340. The second-order valence-electron chi connectivity index (χ2n) is 3.61. The lowest BCUT2D eigenvalue weighted by Gasteiger charge is -2.13. The Morgan fingerprint density at radius 3 is 2.39 bits per heavy atom. The molecule has 0 aliphatic heterocycles. The van der Waals surface area contributed by atoms with Crippen LogP contribution in [0.2, 0.25) is 0 Å². The number of methoxy groups -OCH3 is 2. The van der Waals surface area contributed by atoms with E-state index >= 15 is 0 Å².